The van der Waals surface area contributed by atoms with Crippen molar-refractivity contribution in [3.8, 4) is 0 Å². The Hall–Kier alpha value is -1.48. The van der Waals surface area contributed by atoms with E-state index >= 15 is 0 Å². The van der Waals surface area contributed by atoms with Gasteiger partial charge >= 0.3 is 0 Å². The average molecular weight is 423 g/mol. The molecule has 29 heavy (non-hydrogen) atoms. The molecule has 0 radical (unpaired) electrons. The molecule has 1 unspecified atom stereocenters. The average Bonchev–Trinajstić information content (AvgIpc) is 2.70. The van der Waals surface area contributed by atoms with E-state index in [9.17, 15) is 13.2 Å². The Labute approximate surface area is 175 Å². The molecule has 1 aromatic rings. The van der Waals surface area contributed by atoms with Crippen LogP contribution in [0.25, 0.3) is 0 Å². The summed E-state index contributed by atoms with van der Waals surface area (Å²) in [6.45, 7) is 7.81. The van der Waals surface area contributed by atoms with E-state index in [2.05, 4.69) is 28.2 Å². The maximum atomic E-state index is 12.8. The molecule has 2 aliphatic rings. The molecule has 1 N–H and O–H groups in total. The zero-order valence-electron chi connectivity index (χ0n) is 17.6. The highest BCUT2D eigenvalue weighted by atomic mass is 32.2. The summed E-state index contributed by atoms with van der Waals surface area (Å²) in [5, 5.41) is 3.01. The number of piperidine rings is 1. The van der Waals surface area contributed by atoms with Crippen LogP contribution >= 0.6 is 0 Å². The van der Waals surface area contributed by atoms with E-state index in [4.69, 9.17) is 0 Å². The molecule has 2 aliphatic heterocycles. The zero-order valence-corrected chi connectivity index (χ0v) is 18.5. The third kappa shape index (κ3) is 6.25. The second-order valence-electron chi connectivity index (χ2n) is 8.28. The predicted molar refractivity (Wildman–Crippen MR) is 116 cm³/mol. The Morgan fingerprint density at radius 3 is 2.66 bits per heavy atom. The number of carbonyl (C=O) groups is 1. The van der Waals surface area contributed by atoms with E-state index < -0.39 is 10.0 Å². The molecule has 2 fully saturated rings. The minimum Gasteiger partial charge on any atom is -0.326 e. The molecule has 0 bridgehead atoms. The minimum atomic E-state index is -3.26. The van der Waals surface area contributed by atoms with Crippen molar-refractivity contribution in [1.82, 2.24) is 14.1 Å². The fourth-order valence-electron chi connectivity index (χ4n) is 4.05. The number of rotatable bonds is 7. The molecule has 0 spiro atoms. The molecule has 1 amide bonds. The monoisotopic (exact) mass is 422 g/mol. The van der Waals surface area contributed by atoms with Crippen LogP contribution in [0, 0.1) is 5.92 Å². The number of likely N-dealkylation sites (N-methyl/N-ethyl adjacent to an activating group) is 1. The Bertz CT molecular complexity index is 791. The van der Waals surface area contributed by atoms with Crippen LogP contribution in [0.15, 0.2) is 24.3 Å². The van der Waals surface area contributed by atoms with E-state index in [0.29, 0.717) is 13.0 Å². The maximum absolute atomic E-state index is 12.8. The van der Waals surface area contributed by atoms with Crippen LogP contribution in [0.3, 0.4) is 0 Å². The van der Waals surface area contributed by atoms with Gasteiger partial charge in [-0.05, 0) is 44.0 Å². The number of benzene rings is 1. The second kappa shape index (κ2) is 10.0. The first-order valence-electron chi connectivity index (χ1n) is 10.7. The molecule has 2 saturated heterocycles. The summed E-state index contributed by atoms with van der Waals surface area (Å²) in [5.74, 6) is -0.231. The number of piperazine rings is 1. The zero-order chi connectivity index (χ0) is 20.9. The number of carbonyl (C=O) groups excluding carboxylic acids is 1. The molecular formula is C21H34N4O3S. The Kier molecular flexibility index (Phi) is 7.67. The maximum Gasteiger partial charge on any atom is 0.228 e. The van der Waals surface area contributed by atoms with Gasteiger partial charge in [-0.15, -0.1) is 0 Å². The van der Waals surface area contributed by atoms with Gasteiger partial charge in [0, 0.05) is 51.5 Å². The minimum absolute atomic E-state index is 0.0851. The SMILES string of the molecule is CCCS(=O)(=O)N1CCCC(C(=O)Nc2cccc(CN3CCN(C)CC3)c2)C1. The van der Waals surface area contributed by atoms with Crippen molar-refractivity contribution >= 4 is 21.6 Å². The summed E-state index contributed by atoms with van der Waals surface area (Å²) in [7, 11) is -1.11. The van der Waals surface area contributed by atoms with Crippen molar-refractivity contribution in [3.63, 3.8) is 0 Å². The lowest BCUT2D eigenvalue weighted by Gasteiger charge is -2.32. The van der Waals surface area contributed by atoms with Crippen LogP contribution < -0.4 is 5.32 Å². The van der Waals surface area contributed by atoms with Crippen LogP contribution in [0.1, 0.15) is 31.7 Å². The van der Waals surface area contributed by atoms with Gasteiger partial charge < -0.3 is 10.2 Å². The van der Waals surface area contributed by atoms with Crippen molar-refractivity contribution in [3.05, 3.63) is 29.8 Å². The molecule has 8 heteroatoms. The molecule has 0 aliphatic carbocycles. The van der Waals surface area contributed by atoms with E-state index in [1.165, 1.54) is 9.87 Å². The van der Waals surface area contributed by atoms with E-state index in [-0.39, 0.29) is 24.1 Å². The van der Waals surface area contributed by atoms with Gasteiger partial charge in [0.15, 0.2) is 0 Å². The van der Waals surface area contributed by atoms with Gasteiger partial charge in [0.05, 0.1) is 11.7 Å². The summed E-state index contributed by atoms with van der Waals surface area (Å²) in [6.07, 6.45) is 2.05. The second-order valence-corrected chi connectivity index (χ2v) is 10.4. The first-order valence-corrected chi connectivity index (χ1v) is 12.3. The largest absolute Gasteiger partial charge is 0.326 e. The lowest BCUT2D eigenvalue weighted by molar-refractivity contribution is -0.120. The van der Waals surface area contributed by atoms with Crippen molar-refractivity contribution in [2.75, 3.05) is 57.4 Å². The number of hydrogen-bond donors (Lipinski definition) is 1. The van der Waals surface area contributed by atoms with Crippen LogP contribution in [0.2, 0.25) is 0 Å². The Morgan fingerprint density at radius 2 is 1.93 bits per heavy atom. The van der Waals surface area contributed by atoms with Crippen LogP contribution in [0.5, 0.6) is 0 Å². The summed E-state index contributed by atoms with van der Waals surface area (Å²) in [5.41, 5.74) is 1.97. The number of nitrogens with zero attached hydrogens (tertiary/aromatic N) is 3. The first kappa shape index (κ1) is 22.2. The summed E-state index contributed by atoms with van der Waals surface area (Å²) < 4.78 is 26.2. The smallest absolute Gasteiger partial charge is 0.228 e. The molecule has 7 nitrogen and oxygen atoms in total. The lowest BCUT2D eigenvalue weighted by Crippen LogP contribution is -2.44. The number of anilines is 1. The molecule has 0 saturated carbocycles. The first-order chi connectivity index (χ1) is 13.9. The topological polar surface area (TPSA) is 73.0 Å². The highest BCUT2D eigenvalue weighted by Gasteiger charge is 2.31. The fraction of sp³-hybridized carbons (Fsp3) is 0.667. The molecule has 0 aromatic heterocycles. The molecular weight excluding hydrogens is 388 g/mol. The number of hydrogen-bond acceptors (Lipinski definition) is 5. The number of amides is 1. The van der Waals surface area contributed by atoms with Crippen LogP contribution in [0.4, 0.5) is 5.69 Å². The Morgan fingerprint density at radius 1 is 1.17 bits per heavy atom. The summed E-state index contributed by atoms with van der Waals surface area (Å²) >= 11 is 0. The van der Waals surface area contributed by atoms with Gasteiger partial charge in [-0.25, -0.2) is 12.7 Å². The third-order valence-corrected chi connectivity index (χ3v) is 7.85. The molecule has 1 atom stereocenters. The van der Waals surface area contributed by atoms with Gasteiger partial charge in [-0.2, -0.15) is 0 Å². The Balaban J connectivity index is 1.57. The van der Waals surface area contributed by atoms with E-state index in [0.717, 1.165) is 51.3 Å². The number of nitrogens with one attached hydrogen (secondary N) is 1. The highest BCUT2D eigenvalue weighted by molar-refractivity contribution is 7.89. The van der Waals surface area contributed by atoms with Gasteiger partial charge in [-0.1, -0.05) is 19.1 Å². The highest BCUT2D eigenvalue weighted by Crippen LogP contribution is 2.22. The summed E-state index contributed by atoms with van der Waals surface area (Å²) in [6, 6.07) is 8.00. The normalized spacial score (nSPS) is 22.5. The van der Waals surface area contributed by atoms with Crippen molar-refractivity contribution < 1.29 is 13.2 Å². The number of sulfonamides is 1. The van der Waals surface area contributed by atoms with Gasteiger partial charge in [0.1, 0.15) is 0 Å². The quantitative estimate of drug-likeness (QED) is 0.726. The third-order valence-electron chi connectivity index (χ3n) is 5.81. The van der Waals surface area contributed by atoms with Crippen molar-refractivity contribution in [2.24, 2.45) is 5.92 Å². The molecule has 3 rings (SSSR count). The standard InChI is InChI=1S/C21H34N4O3S/c1-3-14-29(27,28)25-9-5-7-19(17-25)21(26)22-20-8-4-6-18(15-20)16-24-12-10-23(2)11-13-24/h4,6,8,15,19H,3,5,7,9-14,16-17H2,1-2H3,(H,22,26). The van der Waals surface area contributed by atoms with E-state index in [1.54, 1.807) is 0 Å². The molecule has 162 valence electrons. The predicted octanol–water partition coefficient (Wildman–Crippen LogP) is 1.82. The fourth-order valence-corrected chi connectivity index (χ4v) is 5.64. The van der Waals surface area contributed by atoms with Gasteiger partial charge in [0.2, 0.25) is 15.9 Å². The summed E-state index contributed by atoms with van der Waals surface area (Å²) in [4.78, 5) is 17.6. The lowest BCUT2D eigenvalue weighted by atomic mass is 9.98. The van der Waals surface area contributed by atoms with E-state index in [1.807, 2.05) is 25.1 Å². The molecule has 2 heterocycles. The molecule has 1 aromatic carbocycles. The van der Waals surface area contributed by atoms with Crippen molar-refractivity contribution in [2.45, 2.75) is 32.7 Å². The van der Waals surface area contributed by atoms with Crippen LogP contribution in [-0.4, -0.2) is 80.5 Å². The van der Waals surface area contributed by atoms with Gasteiger partial charge in [-0.3, -0.25) is 9.69 Å². The van der Waals surface area contributed by atoms with Gasteiger partial charge in [0.25, 0.3) is 0 Å². The van der Waals surface area contributed by atoms with Crippen LogP contribution in [-0.2, 0) is 21.4 Å². The van der Waals surface area contributed by atoms with Crippen molar-refractivity contribution in [1.29, 1.82) is 0 Å².